The number of esters is 1. The van der Waals surface area contributed by atoms with Crippen molar-refractivity contribution in [1.82, 2.24) is 9.27 Å². The van der Waals surface area contributed by atoms with Crippen LogP contribution in [0.5, 0.6) is 0 Å². The third-order valence-corrected chi connectivity index (χ3v) is 5.64. The molecule has 6 nitrogen and oxygen atoms in total. The molecule has 0 saturated carbocycles. The predicted octanol–water partition coefficient (Wildman–Crippen LogP) is 3.86. The van der Waals surface area contributed by atoms with Gasteiger partial charge < -0.3 is 9.64 Å². The standard InChI is InChI=1S/C19H22FN3O3S/c1-12-16(18(24)26-2)17(27-22-12)21-19(25)23-8-6-13(7-9-23)10-14-4-3-5-15(20)11-14/h3-5,11,13H,6-10H2,1-2H3,(H,21,25). The van der Waals surface area contributed by atoms with E-state index in [0.717, 1.165) is 36.4 Å². The summed E-state index contributed by atoms with van der Waals surface area (Å²) in [6.45, 7) is 2.95. The SMILES string of the molecule is COC(=O)c1c(C)nsc1NC(=O)N1CCC(Cc2cccc(F)c2)CC1. The zero-order chi connectivity index (χ0) is 19.4. The molecule has 1 N–H and O–H groups in total. The lowest BCUT2D eigenvalue weighted by molar-refractivity contribution is 0.0601. The van der Waals surface area contributed by atoms with Gasteiger partial charge in [0.1, 0.15) is 16.4 Å². The number of rotatable bonds is 4. The summed E-state index contributed by atoms with van der Waals surface area (Å²) in [7, 11) is 1.30. The van der Waals surface area contributed by atoms with Crippen LogP contribution in [0.3, 0.4) is 0 Å². The van der Waals surface area contributed by atoms with Crippen LogP contribution in [0.2, 0.25) is 0 Å². The van der Waals surface area contributed by atoms with Gasteiger partial charge in [0.2, 0.25) is 0 Å². The first-order chi connectivity index (χ1) is 13.0. The summed E-state index contributed by atoms with van der Waals surface area (Å²) in [5.41, 5.74) is 1.83. The zero-order valence-corrected chi connectivity index (χ0v) is 16.1. The zero-order valence-electron chi connectivity index (χ0n) is 15.3. The van der Waals surface area contributed by atoms with Crippen LogP contribution in [0.15, 0.2) is 24.3 Å². The van der Waals surface area contributed by atoms with E-state index in [0.29, 0.717) is 35.3 Å². The maximum Gasteiger partial charge on any atom is 0.342 e. The van der Waals surface area contributed by atoms with Gasteiger partial charge in [0.05, 0.1) is 12.8 Å². The molecule has 0 aliphatic carbocycles. The Morgan fingerprint density at radius 2 is 2.11 bits per heavy atom. The molecular weight excluding hydrogens is 369 g/mol. The fourth-order valence-electron chi connectivity index (χ4n) is 3.31. The number of nitrogens with zero attached hydrogens (tertiary/aromatic N) is 2. The number of amides is 2. The van der Waals surface area contributed by atoms with Crippen molar-refractivity contribution in [2.24, 2.45) is 5.92 Å². The van der Waals surface area contributed by atoms with Gasteiger partial charge in [-0.25, -0.2) is 14.0 Å². The molecule has 1 aromatic carbocycles. The van der Waals surface area contributed by atoms with Gasteiger partial charge in [-0.2, -0.15) is 4.37 Å². The van der Waals surface area contributed by atoms with Crippen molar-refractivity contribution in [3.63, 3.8) is 0 Å². The number of carbonyl (C=O) groups excluding carboxylic acids is 2. The average Bonchev–Trinajstić information content (AvgIpc) is 3.02. The normalized spacial score (nSPS) is 14.9. The van der Waals surface area contributed by atoms with Crippen LogP contribution < -0.4 is 5.32 Å². The van der Waals surface area contributed by atoms with E-state index >= 15 is 0 Å². The molecule has 1 saturated heterocycles. The number of aryl methyl sites for hydroxylation is 1. The fourth-order valence-corrected chi connectivity index (χ4v) is 4.09. The molecular formula is C19H22FN3O3S. The third-order valence-electron chi connectivity index (χ3n) is 4.79. The molecule has 3 rings (SSSR count). The Labute approximate surface area is 161 Å². The van der Waals surface area contributed by atoms with Crippen molar-refractivity contribution in [3.8, 4) is 0 Å². The Bertz CT molecular complexity index is 831. The van der Waals surface area contributed by atoms with E-state index in [-0.39, 0.29) is 11.8 Å². The third kappa shape index (κ3) is 4.63. The summed E-state index contributed by atoms with van der Waals surface area (Å²) >= 11 is 1.07. The Hall–Kier alpha value is -2.48. The number of hydrogen-bond acceptors (Lipinski definition) is 5. The van der Waals surface area contributed by atoms with Crippen LogP contribution in [0.4, 0.5) is 14.2 Å². The van der Waals surface area contributed by atoms with Crippen molar-refractivity contribution >= 4 is 28.5 Å². The molecule has 0 unspecified atom stereocenters. The summed E-state index contributed by atoms with van der Waals surface area (Å²) in [5.74, 6) is -0.303. The smallest absolute Gasteiger partial charge is 0.342 e. The summed E-state index contributed by atoms with van der Waals surface area (Å²) in [5, 5.41) is 3.19. The predicted molar refractivity (Wildman–Crippen MR) is 102 cm³/mol. The van der Waals surface area contributed by atoms with E-state index in [1.165, 1.54) is 13.2 Å². The maximum absolute atomic E-state index is 13.3. The van der Waals surface area contributed by atoms with E-state index in [4.69, 9.17) is 4.74 Å². The Kier molecular flexibility index (Phi) is 6.05. The molecule has 1 fully saturated rings. The molecule has 0 spiro atoms. The molecule has 27 heavy (non-hydrogen) atoms. The van der Waals surface area contributed by atoms with Gasteiger partial charge >= 0.3 is 12.0 Å². The number of benzene rings is 1. The highest BCUT2D eigenvalue weighted by molar-refractivity contribution is 7.11. The lowest BCUT2D eigenvalue weighted by Gasteiger charge is -2.32. The van der Waals surface area contributed by atoms with Gasteiger partial charge in [0.25, 0.3) is 0 Å². The van der Waals surface area contributed by atoms with Gasteiger partial charge in [-0.05, 0) is 61.3 Å². The molecule has 0 radical (unpaired) electrons. The number of aromatic nitrogens is 1. The van der Waals surface area contributed by atoms with Gasteiger partial charge in [-0.3, -0.25) is 5.32 Å². The van der Waals surface area contributed by atoms with Gasteiger partial charge in [0.15, 0.2) is 0 Å². The molecule has 1 aliphatic rings. The van der Waals surface area contributed by atoms with Crippen molar-refractivity contribution in [2.45, 2.75) is 26.2 Å². The van der Waals surface area contributed by atoms with Crippen LogP contribution in [-0.4, -0.2) is 41.5 Å². The van der Waals surface area contributed by atoms with Crippen molar-refractivity contribution in [1.29, 1.82) is 0 Å². The fraction of sp³-hybridized carbons (Fsp3) is 0.421. The number of urea groups is 1. The minimum Gasteiger partial charge on any atom is -0.465 e. The summed E-state index contributed by atoms with van der Waals surface area (Å²) in [4.78, 5) is 26.1. The second-order valence-corrected chi connectivity index (χ2v) is 7.43. The number of hydrogen-bond donors (Lipinski definition) is 1. The number of methoxy groups -OCH3 is 1. The number of halogens is 1. The Morgan fingerprint density at radius 1 is 1.37 bits per heavy atom. The molecule has 144 valence electrons. The number of ether oxygens (including phenoxy) is 1. The molecule has 8 heteroatoms. The quantitative estimate of drug-likeness (QED) is 0.804. The lowest BCUT2D eigenvalue weighted by atomic mass is 9.90. The highest BCUT2D eigenvalue weighted by Crippen LogP contribution is 2.27. The average molecular weight is 391 g/mol. The summed E-state index contributed by atoms with van der Waals surface area (Å²) in [6, 6.07) is 6.43. The second-order valence-electron chi connectivity index (χ2n) is 6.66. The van der Waals surface area contributed by atoms with Crippen LogP contribution in [0.25, 0.3) is 0 Å². The van der Waals surface area contributed by atoms with Crippen LogP contribution in [-0.2, 0) is 11.2 Å². The van der Waals surface area contributed by atoms with Crippen molar-refractivity contribution in [2.75, 3.05) is 25.5 Å². The summed E-state index contributed by atoms with van der Waals surface area (Å²) < 4.78 is 22.2. The number of likely N-dealkylation sites (tertiary alicyclic amines) is 1. The van der Waals surface area contributed by atoms with E-state index in [2.05, 4.69) is 9.69 Å². The number of piperidine rings is 1. The molecule has 2 heterocycles. The van der Waals surface area contributed by atoms with Crippen molar-refractivity contribution in [3.05, 3.63) is 46.9 Å². The van der Waals surface area contributed by atoms with Gasteiger partial charge in [-0.1, -0.05) is 12.1 Å². The minimum atomic E-state index is -0.509. The number of nitrogens with one attached hydrogen (secondary N) is 1. The monoisotopic (exact) mass is 391 g/mol. The molecule has 1 aliphatic heterocycles. The number of carbonyl (C=O) groups is 2. The topological polar surface area (TPSA) is 71.5 Å². The highest BCUT2D eigenvalue weighted by atomic mass is 32.1. The number of anilines is 1. The first-order valence-corrected chi connectivity index (χ1v) is 9.60. The molecule has 1 aromatic heterocycles. The molecule has 2 aromatic rings. The Balaban J connectivity index is 1.55. The second kappa shape index (κ2) is 8.47. The first kappa shape index (κ1) is 19.3. The van der Waals surface area contributed by atoms with Crippen LogP contribution >= 0.6 is 11.5 Å². The minimum absolute atomic E-state index is 0.217. The van der Waals surface area contributed by atoms with Gasteiger partial charge in [0, 0.05) is 13.1 Å². The molecule has 2 amide bonds. The van der Waals surface area contributed by atoms with Crippen LogP contribution in [0.1, 0.15) is 34.5 Å². The van der Waals surface area contributed by atoms with Crippen molar-refractivity contribution < 1.29 is 18.7 Å². The van der Waals surface area contributed by atoms with Gasteiger partial charge in [-0.15, -0.1) is 0 Å². The maximum atomic E-state index is 13.3. The van der Waals surface area contributed by atoms with E-state index in [1.54, 1.807) is 24.0 Å². The highest BCUT2D eigenvalue weighted by Gasteiger charge is 2.26. The van der Waals surface area contributed by atoms with E-state index in [1.807, 2.05) is 6.07 Å². The van der Waals surface area contributed by atoms with E-state index in [9.17, 15) is 14.0 Å². The lowest BCUT2D eigenvalue weighted by Crippen LogP contribution is -2.41. The summed E-state index contributed by atoms with van der Waals surface area (Å²) in [6.07, 6.45) is 2.53. The molecule has 0 atom stereocenters. The Morgan fingerprint density at radius 3 is 2.78 bits per heavy atom. The largest absolute Gasteiger partial charge is 0.465 e. The van der Waals surface area contributed by atoms with Crippen LogP contribution in [0, 0.1) is 18.7 Å². The van der Waals surface area contributed by atoms with E-state index < -0.39 is 5.97 Å². The molecule has 0 bridgehead atoms. The first-order valence-electron chi connectivity index (χ1n) is 8.83.